The Labute approximate surface area is 103 Å². The van der Waals surface area contributed by atoms with E-state index < -0.39 is 17.4 Å². The monoisotopic (exact) mass is 250 g/mol. The minimum atomic E-state index is -1.12. The highest BCUT2D eigenvalue weighted by molar-refractivity contribution is 6.08. The van der Waals surface area contributed by atoms with Crippen molar-refractivity contribution in [1.29, 1.82) is 0 Å². The zero-order chi connectivity index (χ0) is 13.4. The maximum absolute atomic E-state index is 13.7. The molecule has 94 valence electrons. The van der Waals surface area contributed by atoms with Gasteiger partial charge < -0.3 is 0 Å². The third kappa shape index (κ3) is 1.92. The first-order valence-corrected chi connectivity index (χ1v) is 5.41. The molecule has 18 heavy (non-hydrogen) atoms. The predicted octanol–water partition coefficient (Wildman–Crippen LogP) is 2.55. The van der Waals surface area contributed by atoms with E-state index in [2.05, 4.69) is 5.10 Å². The Hall–Kier alpha value is -2.04. The number of ketones is 1. The molecule has 5 heteroatoms. The van der Waals surface area contributed by atoms with E-state index in [0.29, 0.717) is 0 Å². The van der Waals surface area contributed by atoms with Crippen molar-refractivity contribution in [2.75, 3.05) is 0 Å². The fraction of sp³-hybridized carbons (Fsp3) is 0.231. The molecule has 0 spiro atoms. The number of rotatable bonds is 2. The van der Waals surface area contributed by atoms with Crippen LogP contribution < -0.4 is 0 Å². The van der Waals surface area contributed by atoms with Gasteiger partial charge in [0.15, 0.2) is 11.6 Å². The van der Waals surface area contributed by atoms with E-state index >= 15 is 0 Å². The van der Waals surface area contributed by atoms with Crippen molar-refractivity contribution in [2.45, 2.75) is 13.8 Å². The minimum absolute atomic E-state index is 0.108. The lowest BCUT2D eigenvalue weighted by molar-refractivity contribution is 0.102. The van der Waals surface area contributed by atoms with Crippen LogP contribution in [0.1, 0.15) is 27.3 Å². The van der Waals surface area contributed by atoms with Crippen LogP contribution >= 0.6 is 0 Å². The average Bonchev–Trinajstić information content (AvgIpc) is 2.66. The van der Waals surface area contributed by atoms with E-state index in [1.54, 1.807) is 20.0 Å². The molecule has 0 amide bonds. The first-order chi connectivity index (χ1) is 8.41. The lowest BCUT2D eigenvalue weighted by atomic mass is 10.0. The van der Waals surface area contributed by atoms with Gasteiger partial charge >= 0.3 is 0 Å². The zero-order valence-electron chi connectivity index (χ0n) is 10.3. The normalized spacial score (nSPS) is 10.7. The second kappa shape index (κ2) is 4.33. The minimum Gasteiger partial charge on any atom is -0.287 e. The first kappa shape index (κ1) is 12.4. The van der Waals surface area contributed by atoms with Gasteiger partial charge in [0.1, 0.15) is 5.69 Å². The molecule has 0 unspecified atom stereocenters. The molecule has 0 atom stereocenters. The van der Waals surface area contributed by atoms with Crippen LogP contribution in [0, 0.1) is 25.5 Å². The van der Waals surface area contributed by atoms with Crippen molar-refractivity contribution in [3.63, 3.8) is 0 Å². The Balaban J connectivity index is 2.50. The largest absolute Gasteiger partial charge is 0.287 e. The van der Waals surface area contributed by atoms with Gasteiger partial charge in [-0.3, -0.25) is 9.48 Å². The van der Waals surface area contributed by atoms with E-state index in [-0.39, 0.29) is 16.8 Å². The second-order valence-corrected chi connectivity index (χ2v) is 4.18. The van der Waals surface area contributed by atoms with Crippen LogP contribution in [-0.4, -0.2) is 15.6 Å². The van der Waals surface area contributed by atoms with Crippen molar-refractivity contribution in [2.24, 2.45) is 7.05 Å². The van der Waals surface area contributed by atoms with Crippen molar-refractivity contribution in [3.8, 4) is 0 Å². The first-order valence-electron chi connectivity index (χ1n) is 5.41. The van der Waals surface area contributed by atoms with E-state index in [9.17, 15) is 13.6 Å². The molecule has 0 bridgehead atoms. The number of hydrogen-bond acceptors (Lipinski definition) is 2. The maximum Gasteiger partial charge on any atom is 0.216 e. The number of hydrogen-bond donors (Lipinski definition) is 0. The summed E-state index contributed by atoms with van der Waals surface area (Å²) < 4.78 is 28.6. The lowest BCUT2D eigenvalue weighted by Gasteiger charge is -2.03. The molecule has 1 aromatic heterocycles. The highest BCUT2D eigenvalue weighted by atomic mass is 19.2. The smallest absolute Gasteiger partial charge is 0.216 e. The van der Waals surface area contributed by atoms with Gasteiger partial charge in [-0.25, -0.2) is 8.78 Å². The number of carbonyl (C=O) groups is 1. The summed E-state index contributed by atoms with van der Waals surface area (Å²) in [6.45, 7) is 3.22. The molecule has 1 heterocycles. The molecule has 0 aliphatic rings. The molecule has 0 saturated carbocycles. The van der Waals surface area contributed by atoms with Gasteiger partial charge in [-0.05, 0) is 31.5 Å². The van der Waals surface area contributed by atoms with E-state index in [0.717, 1.165) is 5.69 Å². The summed E-state index contributed by atoms with van der Waals surface area (Å²) in [7, 11) is 1.68. The maximum atomic E-state index is 13.7. The number of nitrogens with zero attached hydrogens (tertiary/aromatic N) is 2. The summed E-state index contributed by atoms with van der Waals surface area (Å²) in [5, 5.41) is 3.96. The molecule has 0 aliphatic carbocycles. The number of halogens is 2. The third-order valence-corrected chi connectivity index (χ3v) is 2.87. The zero-order valence-corrected chi connectivity index (χ0v) is 10.3. The number of benzene rings is 1. The Kier molecular flexibility index (Phi) is 2.98. The number of aromatic nitrogens is 2. The van der Waals surface area contributed by atoms with Gasteiger partial charge in [0.25, 0.3) is 0 Å². The summed E-state index contributed by atoms with van der Waals surface area (Å²) in [6.07, 6.45) is 0. The molecule has 0 saturated heterocycles. The van der Waals surface area contributed by atoms with Gasteiger partial charge in [0.2, 0.25) is 5.78 Å². The highest BCUT2D eigenvalue weighted by Crippen LogP contribution is 2.18. The molecule has 2 aromatic rings. The molecule has 1 aromatic carbocycles. The summed E-state index contributed by atoms with van der Waals surface area (Å²) in [6, 6.07) is 4.20. The van der Waals surface area contributed by atoms with Gasteiger partial charge in [-0.1, -0.05) is 6.07 Å². The van der Waals surface area contributed by atoms with Crippen molar-refractivity contribution in [3.05, 3.63) is 52.3 Å². The quantitative estimate of drug-likeness (QED) is 0.768. The molecular weight excluding hydrogens is 238 g/mol. The van der Waals surface area contributed by atoms with Gasteiger partial charge in [0, 0.05) is 12.7 Å². The second-order valence-electron chi connectivity index (χ2n) is 4.18. The average molecular weight is 250 g/mol. The van der Waals surface area contributed by atoms with E-state index in [1.165, 1.54) is 23.7 Å². The van der Waals surface area contributed by atoms with E-state index in [4.69, 9.17) is 0 Å². The molecular formula is C13H12F2N2O. The van der Waals surface area contributed by atoms with Crippen LogP contribution in [0.2, 0.25) is 0 Å². The molecule has 0 radical (unpaired) electrons. The fourth-order valence-electron chi connectivity index (χ4n) is 1.63. The fourth-order valence-corrected chi connectivity index (χ4v) is 1.63. The highest BCUT2D eigenvalue weighted by Gasteiger charge is 2.20. The van der Waals surface area contributed by atoms with Crippen LogP contribution in [-0.2, 0) is 7.05 Å². The number of aryl methyl sites for hydroxylation is 3. The predicted molar refractivity (Wildman–Crippen MR) is 62.5 cm³/mol. The van der Waals surface area contributed by atoms with Crippen LogP contribution in [0.25, 0.3) is 0 Å². The van der Waals surface area contributed by atoms with Crippen LogP contribution in [0.3, 0.4) is 0 Å². The third-order valence-electron chi connectivity index (χ3n) is 2.87. The summed E-state index contributed by atoms with van der Waals surface area (Å²) >= 11 is 0. The van der Waals surface area contributed by atoms with Crippen molar-refractivity contribution >= 4 is 5.78 Å². The van der Waals surface area contributed by atoms with Crippen LogP contribution in [0.15, 0.2) is 18.2 Å². The van der Waals surface area contributed by atoms with Crippen LogP contribution in [0.5, 0.6) is 0 Å². The lowest BCUT2D eigenvalue weighted by Crippen LogP contribution is -2.08. The molecule has 0 N–H and O–H groups in total. The Morgan fingerprint density at radius 1 is 1.22 bits per heavy atom. The standard InChI is InChI=1S/C13H12F2N2O/c1-7-4-5-9(12(15)11(7)14)13(18)10-6-8(2)17(3)16-10/h4-6H,1-3H3. The van der Waals surface area contributed by atoms with Gasteiger partial charge in [0.05, 0.1) is 5.56 Å². The molecule has 3 nitrogen and oxygen atoms in total. The summed E-state index contributed by atoms with van der Waals surface area (Å²) in [5.74, 6) is -2.73. The molecule has 0 aliphatic heterocycles. The van der Waals surface area contributed by atoms with Gasteiger partial charge in [-0.15, -0.1) is 0 Å². The summed E-state index contributed by atoms with van der Waals surface area (Å²) in [5.41, 5.74) is 0.751. The van der Waals surface area contributed by atoms with Gasteiger partial charge in [-0.2, -0.15) is 5.10 Å². The Morgan fingerprint density at radius 3 is 2.44 bits per heavy atom. The topological polar surface area (TPSA) is 34.9 Å². The Bertz CT molecular complexity index is 613. The number of carbonyl (C=O) groups excluding carboxylic acids is 1. The van der Waals surface area contributed by atoms with Crippen molar-refractivity contribution < 1.29 is 13.6 Å². The SMILES string of the molecule is Cc1ccc(C(=O)c2cc(C)n(C)n2)c(F)c1F. The van der Waals surface area contributed by atoms with E-state index in [1.807, 2.05) is 0 Å². The molecule has 0 fully saturated rings. The Morgan fingerprint density at radius 2 is 1.89 bits per heavy atom. The van der Waals surface area contributed by atoms with Crippen LogP contribution in [0.4, 0.5) is 8.78 Å². The van der Waals surface area contributed by atoms with Crippen molar-refractivity contribution in [1.82, 2.24) is 9.78 Å². The summed E-state index contributed by atoms with van der Waals surface area (Å²) in [4.78, 5) is 12.0. The molecule has 2 rings (SSSR count).